The molecule has 0 radical (unpaired) electrons. The van der Waals surface area contributed by atoms with E-state index in [1.165, 1.54) is 39.1 Å². The summed E-state index contributed by atoms with van der Waals surface area (Å²) in [5.74, 6) is 0. The van der Waals surface area contributed by atoms with Crippen molar-refractivity contribution < 1.29 is 28.9 Å². The first-order valence-electron chi connectivity index (χ1n) is 13.5. The molecule has 0 unspecified atom stereocenters. The summed E-state index contributed by atoms with van der Waals surface area (Å²) in [6.07, 6.45) is 2.28. The van der Waals surface area contributed by atoms with Gasteiger partial charge in [-0.3, -0.25) is 0 Å². The van der Waals surface area contributed by atoms with Crippen LogP contribution in [0.25, 0.3) is 43.8 Å². The van der Waals surface area contributed by atoms with Crippen LogP contribution in [0.2, 0.25) is 0 Å². The molecule has 0 saturated carbocycles. The van der Waals surface area contributed by atoms with Crippen LogP contribution in [0, 0.1) is 6.92 Å². The molecule has 0 aromatic heterocycles. The molecule has 200 valence electrons. The van der Waals surface area contributed by atoms with Gasteiger partial charge in [0.05, 0.1) is 0 Å². The molecule has 0 spiro atoms. The average molecular weight is 595 g/mol. The van der Waals surface area contributed by atoms with Gasteiger partial charge in [0.15, 0.2) is 0 Å². The van der Waals surface area contributed by atoms with Gasteiger partial charge in [0, 0.05) is 4.47 Å². The van der Waals surface area contributed by atoms with E-state index in [1.807, 2.05) is 30.3 Å². The first-order valence-corrected chi connectivity index (χ1v) is 14.3. The van der Waals surface area contributed by atoms with E-state index in [4.69, 9.17) is 10.0 Å². The van der Waals surface area contributed by atoms with E-state index in [0.717, 1.165) is 22.0 Å². The molecule has 0 atom stereocenters. The van der Waals surface area contributed by atoms with Crippen molar-refractivity contribution in [1.29, 1.82) is 0 Å². The Kier molecular flexibility index (Phi) is 12.9. The van der Waals surface area contributed by atoms with E-state index in [1.54, 1.807) is 12.1 Å². The summed E-state index contributed by atoms with van der Waals surface area (Å²) in [6, 6.07) is 45.1. The van der Waals surface area contributed by atoms with Crippen molar-refractivity contribution in [2.45, 2.75) is 19.8 Å². The fourth-order valence-corrected chi connectivity index (χ4v) is 4.68. The summed E-state index contributed by atoms with van der Waals surface area (Å²) >= 11 is 3.47. The Bertz CT molecular complexity index is 1640. The minimum Gasteiger partial charge on any atom is -0.423 e. The van der Waals surface area contributed by atoms with E-state index in [-0.39, 0.29) is 18.9 Å². The standard InChI is InChI=1S/C16H13BO2.C16H11Br.C4H9.Li/c18-17(19)14-10-8-13(9-11-14)16-7-3-5-12-4-1-2-6-15(12)16;17-14-10-8-13(9-11-14)16-7-3-5-12-4-1-2-6-15(12)16;1-3-4-2;/h1-11,18-19H;1-11H;1,3-4H2,2H3;/q;;-1;+1. The second-order valence-electron chi connectivity index (χ2n) is 9.41. The van der Waals surface area contributed by atoms with Crippen LogP contribution in [0.15, 0.2) is 138 Å². The van der Waals surface area contributed by atoms with Gasteiger partial charge < -0.3 is 17.0 Å². The van der Waals surface area contributed by atoms with Crippen molar-refractivity contribution in [2.24, 2.45) is 0 Å². The summed E-state index contributed by atoms with van der Waals surface area (Å²) < 4.78 is 1.11. The average Bonchev–Trinajstić information content (AvgIpc) is 3.01. The molecule has 6 aromatic carbocycles. The SMILES string of the molecule is Brc1ccc(-c2cccc3ccccc23)cc1.OB(O)c1ccc(-c2cccc3ccccc23)cc1.[CH2-]CCC.[Li+]. The summed E-state index contributed by atoms with van der Waals surface area (Å²) in [7, 11) is -1.42. The molecule has 5 heteroatoms. The van der Waals surface area contributed by atoms with Gasteiger partial charge in [-0.2, -0.15) is 6.42 Å². The van der Waals surface area contributed by atoms with Crippen LogP contribution in [0.4, 0.5) is 0 Å². The Morgan fingerprint density at radius 1 is 0.585 bits per heavy atom. The first kappa shape index (κ1) is 32.4. The molecular formula is C36H33BBrLiO2. The summed E-state index contributed by atoms with van der Waals surface area (Å²) in [4.78, 5) is 0. The molecule has 41 heavy (non-hydrogen) atoms. The Morgan fingerprint density at radius 3 is 1.39 bits per heavy atom. The van der Waals surface area contributed by atoms with Gasteiger partial charge in [-0.25, -0.2) is 0 Å². The molecule has 0 fully saturated rings. The quantitative estimate of drug-likeness (QED) is 0.192. The molecule has 2 nitrogen and oxygen atoms in total. The molecule has 0 saturated heterocycles. The molecular weight excluding hydrogens is 562 g/mol. The maximum Gasteiger partial charge on any atom is 1.00 e. The van der Waals surface area contributed by atoms with Gasteiger partial charge in [0.25, 0.3) is 0 Å². The van der Waals surface area contributed by atoms with E-state index >= 15 is 0 Å². The molecule has 0 bridgehead atoms. The fourth-order valence-electron chi connectivity index (χ4n) is 4.42. The van der Waals surface area contributed by atoms with Crippen LogP contribution < -0.4 is 24.3 Å². The second-order valence-corrected chi connectivity index (χ2v) is 10.3. The zero-order chi connectivity index (χ0) is 28.3. The molecule has 0 aliphatic heterocycles. The van der Waals surface area contributed by atoms with Crippen LogP contribution in [0.3, 0.4) is 0 Å². The number of rotatable bonds is 4. The number of hydrogen-bond acceptors (Lipinski definition) is 2. The van der Waals surface area contributed by atoms with E-state index in [9.17, 15) is 0 Å². The molecule has 0 heterocycles. The van der Waals surface area contributed by atoms with Crippen LogP contribution in [-0.4, -0.2) is 17.2 Å². The predicted molar refractivity (Wildman–Crippen MR) is 177 cm³/mol. The molecule has 0 amide bonds. The molecule has 2 N–H and O–H groups in total. The summed E-state index contributed by atoms with van der Waals surface area (Å²) in [6.45, 7) is 5.72. The van der Waals surface area contributed by atoms with E-state index < -0.39 is 7.12 Å². The molecule has 6 aromatic rings. The number of benzene rings is 6. The van der Waals surface area contributed by atoms with Crippen LogP contribution in [0.5, 0.6) is 0 Å². The third kappa shape index (κ3) is 8.70. The number of unbranched alkanes of at least 4 members (excludes halogenated alkanes) is 1. The largest absolute Gasteiger partial charge is 1.00 e. The van der Waals surface area contributed by atoms with Crippen LogP contribution in [0.1, 0.15) is 19.8 Å². The van der Waals surface area contributed by atoms with E-state index in [2.05, 4.69) is 121 Å². The Morgan fingerprint density at radius 2 is 0.976 bits per heavy atom. The zero-order valence-corrected chi connectivity index (χ0v) is 25.3. The molecule has 0 aliphatic carbocycles. The Labute approximate surface area is 264 Å². The molecule has 6 rings (SSSR count). The third-order valence-corrected chi connectivity index (χ3v) is 7.14. The van der Waals surface area contributed by atoms with Gasteiger partial charge in [-0.15, -0.1) is 0 Å². The zero-order valence-electron chi connectivity index (χ0n) is 23.7. The van der Waals surface area contributed by atoms with Gasteiger partial charge in [-0.1, -0.05) is 151 Å². The second kappa shape index (κ2) is 16.4. The predicted octanol–water partition coefficient (Wildman–Crippen LogP) is 6.08. The minimum absolute atomic E-state index is 0. The smallest absolute Gasteiger partial charge is 0.423 e. The Balaban J connectivity index is 0.000000196. The first-order chi connectivity index (χ1) is 19.5. The minimum atomic E-state index is -1.42. The number of halogens is 1. The monoisotopic (exact) mass is 594 g/mol. The number of fused-ring (bicyclic) bond motifs is 2. The fraction of sp³-hybridized carbons (Fsp3) is 0.0833. The third-order valence-electron chi connectivity index (χ3n) is 6.61. The van der Waals surface area contributed by atoms with Crippen molar-refractivity contribution in [3.63, 3.8) is 0 Å². The van der Waals surface area contributed by atoms with Gasteiger partial charge in [-0.05, 0) is 61.4 Å². The van der Waals surface area contributed by atoms with Crippen molar-refractivity contribution in [2.75, 3.05) is 0 Å². The molecule has 0 aliphatic rings. The van der Waals surface area contributed by atoms with Crippen molar-refractivity contribution >= 4 is 50.1 Å². The van der Waals surface area contributed by atoms with E-state index in [0.29, 0.717) is 5.46 Å². The maximum absolute atomic E-state index is 9.11. The van der Waals surface area contributed by atoms with Crippen molar-refractivity contribution in [1.82, 2.24) is 0 Å². The normalized spacial score (nSPS) is 10.1. The summed E-state index contributed by atoms with van der Waals surface area (Å²) in [5.41, 5.74) is 5.27. The van der Waals surface area contributed by atoms with Crippen molar-refractivity contribution in [3.8, 4) is 22.3 Å². The van der Waals surface area contributed by atoms with Gasteiger partial charge in [0.1, 0.15) is 0 Å². The van der Waals surface area contributed by atoms with Gasteiger partial charge >= 0.3 is 26.0 Å². The van der Waals surface area contributed by atoms with Crippen LogP contribution >= 0.6 is 15.9 Å². The Hall–Kier alpha value is -3.10. The maximum atomic E-state index is 9.11. The number of hydrogen-bond donors (Lipinski definition) is 2. The van der Waals surface area contributed by atoms with Crippen molar-refractivity contribution in [3.05, 3.63) is 145 Å². The topological polar surface area (TPSA) is 40.5 Å². The van der Waals surface area contributed by atoms with Gasteiger partial charge in [0.2, 0.25) is 0 Å². The summed E-state index contributed by atoms with van der Waals surface area (Å²) in [5, 5.41) is 23.2. The van der Waals surface area contributed by atoms with Crippen LogP contribution in [-0.2, 0) is 0 Å².